The largest absolute Gasteiger partial charge is 0.348 e. The molecule has 1 atom stereocenters. The van der Waals surface area contributed by atoms with Gasteiger partial charge in [-0.15, -0.1) is 11.3 Å². The van der Waals surface area contributed by atoms with Gasteiger partial charge in [0.15, 0.2) is 0 Å². The molecule has 0 N–H and O–H groups in total. The molecule has 0 bridgehead atoms. The predicted molar refractivity (Wildman–Crippen MR) is 94.5 cm³/mol. The van der Waals surface area contributed by atoms with Gasteiger partial charge in [0.05, 0.1) is 6.54 Å². The summed E-state index contributed by atoms with van der Waals surface area (Å²) in [5.41, 5.74) is -0.00479. The van der Waals surface area contributed by atoms with E-state index in [0.717, 1.165) is 32.4 Å². The van der Waals surface area contributed by atoms with Gasteiger partial charge < -0.3 is 4.90 Å². The standard InChI is InChI=1S/C16H25N3O3S2/c1-17(2)14(20)11-18-8-4-6-16(12-18)7-9-19(13-16)24(21,22)15-5-3-10-23-15/h3,5,10H,4,6-9,11-13H2,1-2H3/t16-/m1/s1. The van der Waals surface area contributed by atoms with Crippen molar-refractivity contribution in [2.75, 3.05) is 46.8 Å². The zero-order chi connectivity index (χ0) is 17.4. The smallest absolute Gasteiger partial charge is 0.252 e. The molecule has 0 aromatic carbocycles. The fourth-order valence-electron chi connectivity index (χ4n) is 3.75. The van der Waals surface area contributed by atoms with Gasteiger partial charge in [-0.1, -0.05) is 6.07 Å². The number of sulfonamides is 1. The van der Waals surface area contributed by atoms with Crippen LogP contribution in [-0.2, 0) is 14.8 Å². The Morgan fingerprint density at radius 3 is 2.75 bits per heavy atom. The summed E-state index contributed by atoms with van der Waals surface area (Å²) in [7, 11) is 0.175. The molecule has 6 nitrogen and oxygen atoms in total. The summed E-state index contributed by atoms with van der Waals surface area (Å²) >= 11 is 1.27. The molecule has 134 valence electrons. The summed E-state index contributed by atoms with van der Waals surface area (Å²) < 4.78 is 27.5. The third-order valence-electron chi connectivity index (χ3n) is 5.09. The minimum atomic E-state index is -3.37. The van der Waals surface area contributed by atoms with E-state index in [1.165, 1.54) is 11.3 Å². The molecule has 2 aliphatic heterocycles. The molecule has 0 saturated carbocycles. The number of thiophene rings is 1. The molecule has 1 aromatic rings. The van der Waals surface area contributed by atoms with E-state index in [2.05, 4.69) is 4.90 Å². The highest BCUT2D eigenvalue weighted by Crippen LogP contribution is 2.41. The third-order valence-corrected chi connectivity index (χ3v) is 8.31. The Morgan fingerprint density at radius 1 is 1.29 bits per heavy atom. The molecule has 3 heterocycles. The number of carbonyl (C=O) groups excluding carboxylic acids is 1. The maximum atomic E-state index is 12.7. The van der Waals surface area contributed by atoms with Crippen molar-refractivity contribution in [3.8, 4) is 0 Å². The number of hydrogen-bond acceptors (Lipinski definition) is 5. The molecule has 2 aliphatic rings. The number of nitrogens with zero attached hydrogens (tertiary/aromatic N) is 3. The van der Waals surface area contributed by atoms with Crippen molar-refractivity contribution in [1.29, 1.82) is 0 Å². The first-order valence-corrected chi connectivity index (χ1v) is 10.6. The highest BCUT2D eigenvalue weighted by molar-refractivity contribution is 7.91. The summed E-state index contributed by atoms with van der Waals surface area (Å²) in [6, 6.07) is 3.45. The van der Waals surface area contributed by atoms with Crippen LogP contribution in [0.2, 0.25) is 0 Å². The van der Waals surface area contributed by atoms with Crippen LogP contribution in [0.4, 0.5) is 0 Å². The molecular formula is C16H25N3O3S2. The van der Waals surface area contributed by atoms with Crippen molar-refractivity contribution >= 4 is 27.3 Å². The normalized spacial score (nSPS) is 26.1. The number of piperidine rings is 1. The van der Waals surface area contributed by atoms with Crippen LogP contribution in [0.15, 0.2) is 21.7 Å². The van der Waals surface area contributed by atoms with E-state index >= 15 is 0 Å². The summed E-state index contributed by atoms with van der Waals surface area (Å²) in [4.78, 5) is 15.8. The lowest BCUT2D eigenvalue weighted by atomic mass is 9.79. The molecule has 0 aliphatic carbocycles. The molecule has 2 fully saturated rings. The number of amides is 1. The van der Waals surface area contributed by atoms with Crippen LogP contribution in [-0.4, -0.2) is 75.2 Å². The van der Waals surface area contributed by atoms with E-state index in [1.54, 1.807) is 40.8 Å². The van der Waals surface area contributed by atoms with E-state index in [0.29, 0.717) is 23.8 Å². The fourth-order valence-corrected chi connectivity index (χ4v) is 6.45. The van der Waals surface area contributed by atoms with Crippen LogP contribution in [0, 0.1) is 5.41 Å². The second kappa shape index (κ2) is 6.74. The van der Waals surface area contributed by atoms with Crippen molar-refractivity contribution in [1.82, 2.24) is 14.1 Å². The summed E-state index contributed by atoms with van der Waals surface area (Å²) in [6.45, 7) is 3.30. The molecule has 3 rings (SSSR count). The maximum absolute atomic E-state index is 12.7. The van der Waals surface area contributed by atoms with Crippen molar-refractivity contribution in [2.45, 2.75) is 23.5 Å². The second-order valence-electron chi connectivity index (χ2n) is 7.12. The number of likely N-dealkylation sites (N-methyl/N-ethyl adjacent to an activating group) is 1. The first kappa shape index (κ1) is 17.8. The van der Waals surface area contributed by atoms with Crippen LogP contribution in [0.5, 0.6) is 0 Å². The van der Waals surface area contributed by atoms with Gasteiger partial charge in [0.1, 0.15) is 4.21 Å². The third kappa shape index (κ3) is 3.51. The Hall–Kier alpha value is -0.960. The first-order chi connectivity index (χ1) is 11.3. The molecule has 1 aromatic heterocycles. The average molecular weight is 372 g/mol. The Kier molecular flexibility index (Phi) is 5.01. The van der Waals surface area contributed by atoms with Gasteiger partial charge in [0.25, 0.3) is 10.0 Å². The van der Waals surface area contributed by atoms with Crippen LogP contribution in [0.3, 0.4) is 0 Å². The quantitative estimate of drug-likeness (QED) is 0.801. The number of rotatable bonds is 4. The first-order valence-electron chi connectivity index (χ1n) is 8.29. The minimum Gasteiger partial charge on any atom is -0.348 e. The van der Waals surface area contributed by atoms with Gasteiger partial charge in [-0.3, -0.25) is 9.69 Å². The maximum Gasteiger partial charge on any atom is 0.252 e. The van der Waals surface area contributed by atoms with Gasteiger partial charge >= 0.3 is 0 Å². The summed E-state index contributed by atoms with van der Waals surface area (Å²) in [5, 5.41) is 1.80. The van der Waals surface area contributed by atoms with Gasteiger partial charge in [0.2, 0.25) is 5.91 Å². The van der Waals surface area contributed by atoms with Crippen molar-refractivity contribution in [2.24, 2.45) is 5.41 Å². The van der Waals surface area contributed by atoms with Gasteiger partial charge in [0, 0.05) is 33.7 Å². The number of hydrogen-bond donors (Lipinski definition) is 0. The van der Waals surface area contributed by atoms with E-state index < -0.39 is 10.0 Å². The Balaban J connectivity index is 1.68. The Morgan fingerprint density at radius 2 is 2.08 bits per heavy atom. The highest BCUT2D eigenvalue weighted by Gasteiger charge is 2.45. The highest BCUT2D eigenvalue weighted by atomic mass is 32.2. The zero-order valence-electron chi connectivity index (χ0n) is 14.3. The molecule has 1 spiro atoms. The SMILES string of the molecule is CN(C)C(=O)CN1CCC[C@@]2(CCN(S(=O)(=O)c3cccs3)C2)C1. The zero-order valence-corrected chi connectivity index (χ0v) is 15.9. The average Bonchev–Trinajstić information content (AvgIpc) is 3.18. The van der Waals surface area contributed by atoms with Gasteiger partial charge in [-0.2, -0.15) is 4.31 Å². The monoisotopic (exact) mass is 371 g/mol. The van der Waals surface area contributed by atoms with Crippen molar-refractivity contribution < 1.29 is 13.2 Å². The Bertz CT molecular complexity index is 687. The van der Waals surface area contributed by atoms with Crippen molar-refractivity contribution in [3.05, 3.63) is 17.5 Å². The predicted octanol–water partition coefficient (Wildman–Crippen LogP) is 1.31. The van der Waals surface area contributed by atoms with Crippen LogP contribution in [0.25, 0.3) is 0 Å². The summed E-state index contributed by atoms with van der Waals surface area (Å²) in [6.07, 6.45) is 2.94. The van der Waals surface area contributed by atoms with Crippen LogP contribution < -0.4 is 0 Å². The molecule has 0 radical (unpaired) electrons. The van der Waals surface area contributed by atoms with E-state index in [-0.39, 0.29) is 11.3 Å². The second-order valence-corrected chi connectivity index (χ2v) is 10.2. The number of carbonyl (C=O) groups is 1. The van der Waals surface area contributed by atoms with Crippen LogP contribution in [0.1, 0.15) is 19.3 Å². The molecule has 1 amide bonds. The molecule has 8 heteroatoms. The molecule has 2 saturated heterocycles. The lowest BCUT2D eigenvalue weighted by molar-refractivity contribution is -0.130. The topological polar surface area (TPSA) is 60.9 Å². The summed E-state index contributed by atoms with van der Waals surface area (Å²) in [5.74, 6) is 0.105. The molecule has 24 heavy (non-hydrogen) atoms. The Labute approximate surface area is 148 Å². The minimum absolute atomic E-state index is 0.00479. The van der Waals surface area contributed by atoms with Crippen LogP contribution >= 0.6 is 11.3 Å². The number of likely N-dealkylation sites (tertiary alicyclic amines) is 1. The van der Waals surface area contributed by atoms with Gasteiger partial charge in [-0.05, 0) is 42.7 Å². The molecule has 0 unspecified atom stereocenters. The van der Waals surface area contributed by atoms with Gasteiger partial charge in [-0.25, -0.2) is 8.42 Å². The molecular weight excluding hydrogens is 346 g/mol. The van der Waals surface area contributed by atoms with E-state index in [9.17, 15) is 13.2 Å². The van der Waals surface area contributed by atoms with Crippen molar-refractivity contribution in [3.63, 3.8) is 0 Å². The van der Waals surface area contributed by atoms with E-state index in [4.69, 9.17) is 0 Å². The lowest BCUT2D eigenvalue weighted by Crippen LogP contribution is -2.48. The fraction of sp³-hybridized carbons (Fsp3) is 0.688. The lowest BCUT2D eigenvalue weighted by Gasteiger charge is -2.40. The van der Waals surface area contributed by atoms with E-state index in [1.807, 2.05) is 0 Å².